The van der Waals surface area contributed by atoms with E-state index < -0.39 is 23.8 Å². The first kappa shape index (κ1) is 29.2. The Hall–Kier alpha value is -3.35. The van der Waals surface area contributed by atoms with E-state index in [-0.39, 0.29) is 29.7 Å². The molecule has 3 amide bonds. The number of benzene rings is 2. The smallest absolute Gasteiger partial charge is 0.408 e. The van der Waals surface area contributed by atoms with Gasteiger partial charge in [0.25, 0.3) is 0 Å². The fourth-order valence-corrected chi connectivity index (χ4v) is 4.52. The molecule has 2 aromatic carbocycles. The highest BCUT2D eigenvalue weighted by Gasteiger charge is 2.48. The molecule has 0 radical (unpaired) electrons. The number of aryl methyl sites for hydroxylation is 1. The van der Waals surface area contributed by atoms with E-state index in [1.807, 2.05) is 75.4 Å². The van der Waals surface area contributed by atoms with Crippen LogP contribution in [0.2, 0.25) is 0 Å². The van der Waals surface area contributed by atoms with Gasteiger partial charge in [-0.3, -0.25) is 9.59 Å². The fourth-order valence-electron chi connectivity index (χ4n) is 4.52. The molecule has 0 saturated heterocycles. The Kier molecular flexibility index (Phi) is 9.58. The molecule has 2 aromatic rings. The van der Waals surface area contributed by atoms with E-state index in [1.165, 1.54) is 0 Å². The second-order valence-corrected chi connectivity index (χ2v) is 11.6. The molecule has 0 bridgehead atoms. The number of rotatable bonds is 10. The van der Waals surface area contributed by atoms with Crippen molar-refractivity contribution in [1.82, 2.24) is 15.5 Å². The molecule has 3 rings (SSSR count). The van der Waals surface area contributed by atoms with E-state index in [4.69, 9.17) is 4.74 Å². The molecular weight excluding hydrogens is 478 g/mol. The van der Waals surface area contributed by atoms with Crippen LogP contribution in [0.5, 0.6) is 0 Å². The van der Waals surface area contributed by atoms with Crippen LogP contribution in [-0.2, 0) is 20.9 Å². The monoisotopic (exact) mass is 521 g/mol. The summed E-state index contributed by atoms with van der Waals surface area (Å²) in [4.78, 5) is 42.6. The summed E-state index contributed by atoms with van der Waals surface area (Å²) in [6.07, 6.45) is 0.843. The number of ether oxygens (including phenoxy) is 1. The summed E-state index contributed by atoms with van der Waals surface area (Å²) in [6, 6.07) is 15.7. The minimum Gasteiger partial charge on any atom is -0.444 e. The molecule has 7 nitrogen and oxygen atoms in total. The minimum atomic E-state index is -0.825. The molecule has 1 aliphatic rings. The predicted molar refractivity (Wildman–Crippen MR) is 149 cm³/mol. The average Bonchev–Trinajstić information content (AvgIpc) is 3.59. The maximum Gasteiger partial charge on any atom is 0.408 e. The summed E-state index contributed by atoms with van der Waals surface area (Å²) >= 11 is 0. The summed E-state index contributed by atoms with van der Waals surface area (Å²) in [5, 5.41) is 5.88. The van der Waals surface area contributed by atoms with E-state index in [9.17, 15) is 14.4 Å². The van der Waals surface area contributed by atoms with Crippen LogP contribution in [0, 0.1) is 18.8 Å². The molecule has 1 aliphatic carbocycles. The standard InChI is InChI=1S/C31H43N3O4/c1-8-21(3)26(33-30(37)38-31(5,6)7)29(36)34(25-18-22(25)4)27(24-16-14-20(2)15-17-24)28(35)32-19-23-12-10-9-11-13-23/h9-17,21-22,25-27H,8,18-19H2,1-7H3,(H,32,35)(H,33,37). The van der Waals surface area contributed by atoms with Gasteiger partial charge in [-0.1, -0.05) is 87.4 Å². The largest absolute Gasteiger partial charge is 0.444 e. The SMILES string of the molecule is CCC(C)C(NC(=O)OC(C)(C)C)C(=O)N(C(C(=O)NCc1ccccc1)c1ccc(C)cc1)C1CC1C. The van der Waals surface area contributed by atoms with Gasteiger partial charge in [-0.15, -0.1) is 0 Å². The van der Waals surface area contributed by atoms with E-state index in [0.29, 0.717) is 13.0 Å². The summed E-state index contributed by atoms with van der Waals surface area (Å²) in [5.41, 5.74) is 2.09. The number of hydrogen-bond donors (Lipinski definition) is 2. The topological polar surface area (TPSA) is 87.7 Å². The van der Waals surface area contributed by atoms with Crippen LogP contribution >= 0.6 is 0 Å². The molecule has 1 fully saturated rings. The van der Waals surface area contributed by atoms with Gasteiger partial charge in [0, 0.05) is 12.6 Å². The lowest BCUT2D eigenvalue weighted by molar-refractivity contribution is -0.144. The molecule has 206 valence electrons. The van der Waals surface area contributed by atoms with Gasteiger partial charge >= 0.3 is 6.09 Å². The lowest BCUT2D eigenvalue weighted by Gasteiger charge is -2.36. The zero-order valence-corrected chi connectivity index (χ0v) is 23.8. The molecule has 5 atom stereocenters. The van der Waals surface area contributed by atoms with Crippen LogP contribution in [0.25, 0.3) is 0 Å². The van der Waals surface area contributed by atoms with Gasteiger partial charge in [0.05, 0.1) is 0 Å². The maximum absolute atomic E-state index is 14.3. The lowest BCUT2D eigenvalue weighted by atomic mass is 9.95. The number of alkyl carbamates (subject to hydrolysis) is 1. The first-order valence-electron chi connectivity index (χ1n) is 13.6. The molecule has 38 heavy (non-hydrogen) atoms. The third-order valence-electron chi connectivity index (χ3n) is 7.06. The zero-order valence-electron chi connectivity index (χ0n) is 23.8. The molecule has 0 aliphatic heterocycles. The minimum absolute atomic E-state index is 0.0942. The quantitative estimate of drug-likeness (QED) is 0.430. The van der Waals surface area contributed by atoms with Crippen molar-refractivity contribution in [2.45, 2.75) is 91.6 Å². The molecule has 0 spiro atoms. The van der Waals surface area contributed by atoms with Crippen molar-refractivity contribution < 1.29 is 19.1 Å². The highest BCUT2D eigenvalue weighted by molar-refractivity contribution is 5.92. The van der Waals surface area contributed by atoms with Gasteiger partial charge in [-0.05, 0) is 57.1 Å². The first-order valence-corrected chi connectivity index (χ1v) is 13.6. The Labute approximate surface area is 227 Å². The van der Waals surface area contributed by atoms with Gasteiger partial charge in [0.15, 0.2) is 0 Å². The number of amides is 3. The van der Waals surface area contributed by atoms with Gasteiger partial charge < -0.3 is 20.3 Å². The van der Waals surface area contributed by atoms with Crippen molar-refractivity contribution in [2.24, 2.45) is 11.8 Å². The van der Waals surface area contributed by atoms with E-state index in [1.54, 1.807) is 25.7 Å². The number of hydrogen-bond acceptors (Lipinski definition) is 4. The number of nitrogens with zero attached hydrogens (tertiary/aromatic N) is 1. The molecule has 7 heteroatoms. The van der Waals surface area contributed by atoms with Gasteiger partial charge in [-0.2, -0.15) is 0 Å². The van der Waals surface area contributed by atoms with Gasteiger partial charge in [-0.25, -0.2) is 4.79 Å². The summed E-state index contributed by atoms with van der Waals surface area (Å²) in [5.74, 6) is -0.407. The normalized spacial score (nSPS) is 19.0. The molecule has 2 N–H and O–H groups in total. The fraction of sp³-hybridized carbons (Fsp3) is 0.516. The number of nitrogens with one attached hydrogen (secondary N) is 2. The van der Waals surface area contributed by atoms with Crippen molar-refractivity contribution in [3.63, 3.8) is 0 Å². The second-order valence-electron chi connectivity index (χ2n) is 11.6. The zero-order chi connectivity index (χ0) is 28.0. The Morgan fingerprint density at radius 3 is 2.18 bits per heavy atom. The van der Waals surface area contributed by atoms with Crippen molar-refractivity contribution >= 4 is 17.9 Å². The highest BCUT2D eigenvalue weighted by Crippen LogP contribution is 2.41. The van der Waals surface area contributed by atoms with E-state index in [2.05, 4.69) is 17.6 Å². The number of carbonyl (C=O) groups is 3. The predicted octanol–water partition coefficient (Wildman–Crippen LogP) is 5.53. The molecule has 1 saturated carbocycles. The maximum atomic E-state index is 14.3. The Balaban J connectivity index is 1.97. The van der Waals surface area contributed by atoms with Gasteiger partial charge in [0.2, 0.25) is 11.8 Å². The van der Waals surface area contributed by atoms with Crippen molar-refractivity contribution in [1.29, 1.82) is 0 Å². The van der Waals surface area contributed by atoms with E-state index in [0.717, 1.165) is 23.1 Å². The average molecular weight is 522 g/mol. The lowest BCUT2D eigenvalue weighted by Crippen LogP contribution is -2.56. The van der Waals surface area contributed by atoms with Crippen LogP contribution in [-0.4, -0.2) is 40.5 Å². The summed E-state index contributed by atoms with van der Waals surface area (Å²) < 4.78 is 5.48. The molecule has 0 aromatic heterocycles. The highest BCUT2D eigenvalue weighted by atomic mass is 16.6. The molecule has 5 unspecified atom stereocenters. The second kappa shape index (κ2) is 12.5. The van der Waals surface area contributed by atoms with Crippen LogP contribution in [0.15, 0.2) is 54.6 Å². The van der Waals surface area contributed by atoms with Crippen molar-refractivity contribution in [3.05, 3.63) is 71.3 Å². The Morgan fingerprint density at radius 1 is 1.05 bits per heavy atom. The third kappa shape index (κ3) is 7.83. The van der Waals surface area contributed by atoms with E-state index >= 15 is 0 Å². The Bertz CT molecular complexity index is 1090. The third-order valence-corrected chi connectivity index (χ3v) is 7.06. The van der Waals surface area contributed by atoms with Crippen LogP contribution in [0.1, 0.15) is 77.1 Å². The summed E-state index contributed by atoms with van der Waals surface area (Å²) in [6.45, 7) is 13.7. The van der Waals surface area contributed by atoms with Crippen LogP contribution < -0.4 is 10.6 Å². The number of carbonyl (C=O) groups excluding carboxylic acids is 3. The molecule has 0 heterocycles. The summed E-state index contributed by atoms with van der Waals surface area (Å²) in [7, 11) is 0. The van der Waals surface area contributed by atoms with Crippen LogP contribution in [0.4, 0.5) is 4.79 Å². The Morgan fingerprint density at radius 2 is 1.66 bits per heavy atom. The molecular formula is C31H43N3O4. The van der Waals surface area contributed by atoms with Crippen LogP contribution in [0.3, 0.4) is 0 Å². The van der Waals surface area contributed by atoms with Crippen molar-refractivity contribution in [3.8, 4) is 0 Å². The van der Waals surface area contributed by atoms with Crippen molar-refractivity contribution in [2.75, 3.05) is 0 Å². The van der Waals surface area contributed by atoms with Gasteiger partial charge in [0.1, 0.15) is 17.7 Å². The first-order chi connectivity index (χ1) is 17.9.